The molecule has 0 aliphatic heterocycles. The van der Waals surface area contributed by atoms with Crippen LogP contribution >= 0.6 is 0 Å². The molecule has 39 nitrogen and oxygen atoms in total. The van der Waals surface area contributed by atoms with Gasteiger partial charge in [0.05, 0.1) is 71.6 Å². The molecule has 4 rings (SSSR count). The standard InChI is InChI=1S/C21H31N5O8.C19H25FN4O7.C15H13F4N2O2.C12H21N3O7.C6H15N/c1-26(2,3)16-9-7-13(12-23-16)18(29)22-11-5-4-6-14(19(30)31)24-21(34)25-15(20(32)33)8-10-17(27)28;1-11(25)13(6-8-16(26)27)23-19(31)24-14(18(29)30)4-2-3-9-21-17(28)12-5-7-15(20)22-10-12;1-21(2,3)11-5-4-8(7-20-11)15(22)23-14-12(18)9(16)6-10(17)13(14)19;13-6-2-1-3-7(10(18)19)14-12(22)15-8(11(20)21)4-5-9(16)17;1-4-7(5-2)6-3/h7,9,12,14-15H,4-6,8,10-11H2,1-3H3,(H5-,22,24,25,27,28,29,30,31,32,33,34);5,7,10,13-14H,2-4,6,8-9H2,1H3,(H,21,28)(H,26,27)(H,29,30)(H2,23,24,31);4-7H,1-3H3;7-8H,1-6,13H2,(H,16,17)(H,18,19)(H,20,21)(H2,14,15,22);4-6H2,1-3H3/q;;+1;;/p+2/i;20-1;;;. The topological polar surface area (TPSA) is 593 Å². The summed E-state index contributed by atoms with van der Waals surface area (Å²) in [6.45, 7) is 12.5. The highest BCUT2D eigenvalue weighted by molar-refractivity contribution is 5.95. The molecule has 6 unspecified atom stereocenters. The van der Waals surface area contributed by atoms with Gasteiger partial charge in [-0.05, 0) is 128 Å². The Bertz CT molecular complexity index is 3900. The van der Waals surface area contributed by atoms with E-state index in [9.17, 15) is 104 Å². The normalized spacial score (nSPS) is 12.3. The molecule has 3 aromatic heterocycles. The van der Waals surface area contributed by atoms with E-state index in [-0.39, 0.29) is 81.1 Å². The van der Waals surface area contributed by atoms with Crippen molar-refractivity contribution in [3.05, 3.63) is 107 Å². The van der Waals surface area contributed by atoms with Gasteiger partial charge >= 0.3 is 71.8 Å². The van der Waals surface area contributed by atoms with Crippen LogP contribution in [0.15, 0.2) is 61.1 Å². The lowest BCUT2D eigenvalue weighted by Gasteiger charge is -2.21. The monoisotopic (exact) mass is 1670 g/mol. The largest absolute Gasteiger partial charge is 0.481 e. The molecule has 8 amide bonds. The van der Waals surface area contributed by atoms with Crippen molar-refractivity contribution >= 4 is 101 Å². The lowest BCUT2D eigenvalue weighted by Crippen LogP contribution is -2.51. The fraction of sp³-hybridized carbons (Fsp3) is 0.507. The molecule has 4 aromatic rings. The van der Waals surface area contributed by atoms with Crippen LogP contribution in [0.1, 0.15) is 155 Å². The molecule has 0 bridgehead atoms. The maximum atomic E-state index is 13.5. The predicted molar refractivity (Wildman–Crippen MR) is 408 cm³/mol. The number of hydrogen-bond acceptors (Lipinski definition) is 20. The average molecular weight is 1670 g/mol. The number of rotatable bonds is 44. The van der Waals surface area contributed by atoms with Gasteiger partial charge in [0.15, 0.2) is 17.4 Å². The zero-order valence-electron chi connectivity index (χ0n) is 66.5. The Morgan fingerprint density at radius 2 is 0.735 bits per heavy atom. The number of carboxylic acid groups (broad SMARTS) is 8. The number of halogens is 5. The number of Topliss-reactive ketones (excluding diaryl/α,β-unsaturated/α-hetero) is 1. The number of carbonyl (C=O) groups excluding carboxylic acids is 7. The van der Waals surface area contributed by atoms with E-state index in [1.165, 1.54) is 51.0 Å². The van der Waals surface area contributed by atoms with E-state index in [0.717, 1.165) is 24.3 Å². The number of quaternary nitrogens is 3. The average Bonchev–Trinajstić information content (AvgIpc) is 0.812. The van der Waals surface area contributed by atoms with E-state index in [1.54, 1.807) is 12.1 Å². The number of benzene rings is 1. The first-order valence-corrected chi connectivity index (χ1v) is 36.5. The summed E-state index contributed by atoms with van der Waals surface area (Å²) in [6.07, 6.45) is 4.91. The Morgan fingerprint density at radius 1 is 0.427 bits per heavy atom. The third kappa shape index (κ3) is 44.3. The minimum Gasteiger partial charge on any atom is -0.481 e. The maximum Gasteiger partial charge on any atom is 0.345 e. The summed E-state index contributed by atoms with van der Waals surface area (Å²) in [7, 11) is 11.4. The van der Waals surface area contributed by atoms with E-state index in [4.69, 9.17) is 30.6 Å². The zero-order valence-corrected chi connectivity index (χ0v) is 66.5. The molecule has 44 heteroatoms. The summed E-state index contributed by atoms with van der Waals surface area (Å²) < 4.78 is 71.1. The Hall–Kier alpha value is -12.2. The van der Waals surface area contributed by atoms with Crippen LogP contribution in [0.3, 0.4) is 0 Å². The number of ketones is 1. The van der Waals surface area contributed by atoms with Crippen LogP contribution in [0, 0.1) is 29.2 Å². The first-order valence-electron chi connectivity index (χ1n) is 36.5. The molecule has 6 atom stereocenters. The van der Waals surface area contributed by atoms with Gasteiger partial charge in [-0.1, -0.05) is 20.8 Å². The van der Waals surface area contributed by atoms with E-state index in [1.807, 2.05) is 42.3 Å². The van der Waals surface area contributed by atoms with Gasteiger partial charge in [0, 0.05) is 69.1 Å². The summed E-state index contributed by atoms with van der Waals surface area (Å²) >= 11 is 0. The van der Waals surface area contributed by atoms with Gasteiger partial charge < -0.3 is 98.8 Å². The van der Waals surface area contributed by atoms with Gasteiger partial charge in [-0.2, -0.15) is 13.2 Å². The zero-order chi connectivity index (χ0) is 89.5. The minimum atomic E-state index is -1.78. The van der Waals surface area contributed by atoms with Crippen LogP contribution in [-0.2, 0) is 43.2 Å². The number of hydrogen-bond donors (Lipinski definition) is 17. The van der Waals surface area contributed by atoms with Gasteiger partial charge in [-0.3, -0.25) is 37.7 Å². The number of unbranched alkanes of at least 4 members (excludes halogenated alkanes) is 3. The number of nitrogens with one attached hydrogen (secondary N) is 8. The molecule has 0 saturated carbocycles. The summed E-state index contributed by atoms with van der Waals surface area (Å²) in [4.78, 5) is 185. The van der Waals surface area contributed by atoms with Crippen LogP contribution in [0.25, 0.3) is 0 Å². The van der Waals surface area contributed by atoms with Crippen molar-refractivity contribution < 1.29 is 145 Å². The molecule has 117 heavy (non-hydrogen) atoms. The van der Waals surface area contributed by atoms with E-state index in [2.05, 4.69) is 93.6 Å². The Kier molecular flexibility index (Phi) is 48.9. The van der Waals surface area contributed by atoms with Crippen LogP contribution in [0.2, 0.25) is 0 Å². The quantitative estimate of drug-likeness (QED) is 0.00569. The van der Waals surface area contributed by atoms with Gasteiger partial charge in [-0.15, -0.1) is 0 Å². The number of aromatic nitrogens is 3. The SMILES string of the molecule is CC(=O)C(CCC(=O)O)NC(=O)NC(CCCCNC(=O)c1ccc([18F])nc1)C(=O)O.CCN(CC)CC.C[N+](C)(C)c1ccc(C(=O)NCCCCC(NC(=O)NC(CCC(=O)O)C(=O)O)C(=O)O)cn1.C[N+](C)(C)c1ccc(C(=O)Oc2c(F)c(F)cc(F)c2F)cn1.[NH3+]CCCCC(NC(=O)NC(CCC(=O)O)C(=O)O)C(=O)O. The summed E-state index contributed by atoms with van der Waals surface area (Å²) in [6, 6.07) is -1.77. The number of amides is 8. The lowest BCUT2D eigenvalue weighted by molar-refractivity contribution is -0.368. The first-order chi connectivity index (χ1) is 54.6. The number of ether oxygens (including phenoxy) is 1. The number of carboxylic acids is 8. The Balaban J connectivity index is 0.00000151. The number of pyridine rings is 3. The summed E-state index contributed by atoms with van der Waals surface area (Å²) in [5, 5.41) is 89.6. The molecule has 0 radical (unpaired) electrons. The molecule has 0 saturated heterocycles. The molecular formula is C73H107F5N15O24+3. The van der Waals surface area contributed by atoms with Crippen LogP contribution in [0.4, 0.5) is 48.0 Å². The molecular weight excluding hydrogens is 1560 g/mol. The predicted octanol–water partition coefficient (Wildman–Crippen LogP) is 3.82. The second kappa shape index (κ2) is 54.6. The first kappa shape index (κ1) is 105. The number of urea groups is 3. The van der Waals surface area contributed by atoms with Crippen molar-refractivity contribution in [3.63, 3.8) is 0 Å². The van der Waals surface area contributed by atoms with Crippen molar-refractivity contribution in [2.45, 2.75) is 160 Å². The molecule has 1 aromatic carbocycles. The fourth-order valence-corrected chi connectivity index (χ4v) is 9.42. The van der Waals surface area contributed by atoms with Crippen LogP contribution < -0.4 is 62.0 Å². The highest BCUT2D eigenvalue weighted by Gasteiger charge is 2.30. The Morgan fingerprint density at radius 3 is 1.01 bits per heavy atom. The molecule has 3 heterocycles. The Labute approximate surface area is 669 Å². The lowest BCUT2D eigenvalue weighted by atomic mass is 10.1. The molecule has 0 spiro atoms. The number of aliphatic carboxylic acids is 8. The highest BCUT2D eigenvalue weighted by atomic mass is 19.2. The van der Waals surface area contributed by atoms with E-state index < -0.39 is 168 Å². The van der Waals surface area contributed by atoms with Crippen LogP contribution in [-0.4, -0.2) is 268 Å². The van der Waals surface area contributed by atoms with Gasteiger partial charge in [0.25, 0.3) is 11.8 Å². The van der Waals surface area contributed by atoms with Gasteiger partial charge in [0.1, 0.15) is 30.2 Å². The number of nitrogens with zero attached hydrogens (tertiary/aromatic N) is 6. The van der Waals surface area contributed by atoms with Crippen molar-refractivity contribution in [2.75, 3.05) is 81.6 Å². The number of esters is 1. The summed E-state index contributed by atoms with van der Waals surface area (Å²) in [5.41, 5.74) is 4.09. The molecule has 19 N–H and O–H groups in total. The van der Waals surface area contributed by atoms with Gasteiger partial charge in [0.2, 0.25) is 35.0 Å². The van der Waals surface area contributed by atoms with Crippen molar-refractivity contribution in [3.8, 4) is 5.75 Å². The second-order valence-corrected chi connectivity index (χ2v) is 27.1. The number of carbonyl (C=O) groups is 15. The molecule has 650 valence electrons. The van der Waals surface area contributed by atoms with E-state index in [0.29, 0.717) is 65.4 Å². The second-order valence-electron chi connectivity index (χ2n) is 27.1. The smallest absolute Gasteiger partial charge is 0.345 e. The van der Waals surface area contributed by atoms with Crippen molar-refractivity contribution in [1.29, 1.82) is 0 Å². The van der Waals surface area contributed by atoms with Crippen molar-refractivity contribution in [1.82, 2.24) is 71.4 Å². The van der Waals surface area contributed by atoms with Gasteiger partial charge in [-0.25, -0.2) is 66.9 Å². The van der Waals surface area contributed by atoms with E-state index >= 15 is 0 Å². The summed E-state index contributed by atoms with van der Waals surface area (Å²) in [5.74, 6) is -20.2. The third-order valence-corrected chi connectivity index (χ3v) is 16.1. The van der Waals surface area contributed by atoms with Crippen LogP contribution in [0.5, 0.6) is 5.75 Å². The molecule has 0 fully saturated rings. The maximum absolute atomic E-state index is 13.5. The minimum absolute atomic E-state index is 0.0274. The molecule has 0 aliphatic rings. The van der Waals surface area contributed by atoms with Crippen molar-refractivity contribution in [2.24, 2.45) is 0 Å². The third-order valence-electron chi connectivity index (χ3n) is 16.1. The highest BCUT2D eigenvalue weighted by Crippen LogP contribution is 2.28. The fourth-order valence-electron chi connectivity index (χ4n) is 9.42. The molecule has 0 aliphatic carbocycles.